The van der Waals surface area contributed by atoms with Crippen molar-refractivity contribution in [2.45, 2.75) is 33.1 Å². The molecule has 96 valence electrons. The van der Waals surface area contributed by atoms with E-state index in [1.54, 1.807) is 11.8 Å². The number of amides is 1. The van der Waals surface area contributed by atoms with Gasteiger partial charge in [-0.1, -0.05) is 6.92 Å². The Morgan fingerprint density at radius 2 is 2.06 bits per heavy atom. The van der Waals surface area contributed by atoms with Gasteiger partial charge in [-0.2, -0.15) is 0 Å². The van der Waals surface area contributed by atoms with Crippen LogP contribution in [0.4, 0.5) is 0 Å². The van der Waals surface area contributed by atoms with E-state index < -0.39 is 11.9 Å². The van der Waals surface area contributed by atoms with Crippen molar-refractivity contribution in [3.05, 3.63) is 0 Å². The summed E-state index contributed by atoms with van der Waals surface area (Å²) in [6, 6.07) is 0. The lowest BCUT2D eigenvalue weighted by Gasteiger charge is -2.23. The molecule has 2 rings (SSSR count). The summed E-state index contributed by atoms with van der Waals surface area (Å²) in [4.78, 5) is 24.7. The highest BCUT2D eigenvalue weighted by molar-refractivity contribution is 5.82. The Morgan fingerprint density at radius 1 is 1.41 bits per heavy atom. The lowest BCUT2D eigenvalue weighted by atomic mass is 10.1. The van der Waals surface area contributed by atoms with E-state index in [1.807, 2.05) is 6.92 Å². The minimum atomic E-state index is -0.828. The van der Waals surface area contributed by atoms with Crippen LogP contribution in [-0.2, 0) is 9.59 Å². The van der Waals surface area contributed by atoms with Crippen LogP contribution in [0.3, 0.4) is 0 Å². The van der Waals surface area contributed by atoms with Gasteiger partial charge in [0.2, 0.25) is 5.91 Å². The van der Waals surface area contributed by atoms with Crippen LogP contribution >= 0.6 is 0 Å². The zero-order valence-corrected chi connectivity index (χ0v) is 10.6. The predicted molar refractivity (Wildman–Crippen MR) is 63.4 cm³/mol. The van der Waals surface area contributed by atoms with Gasteiger partial charge in [0.15, 0.2) is 0 Å². The van der Waals surface area contributed by atoms with Crippen molar-refractivity contribution < 1.29 is 14.7 Å². The number of carbonyl (C=O) groups is 2. The van der Waals surface area contributed by atoms with Gasteiger partial charge in [-0.15, -0.1) is 0 Å². The van der Waals surface area contributed by atoms with E-state index in [0.717, 1.165) is 12.3 Å². The van der Waals surface area contributed by atoms with E-state index in [9.17, 15) is 9.59 Å². The minimum Gasteiger partial charge on any atom is -0.481 e. The number of nitrogens with zero attached hydrogens (tertiary/aromatic N) is 1. The molecule has 2 aliphatic carbocycles. The quantitative estimate of drug-likeness (QED) is 0.766. The molecule has 17 heavy (non-hydrogen) atoms. The van der Waals surface area contributed by atoms with E-state index in [1.165, 1.54) is 12.8 Å². The Bertz CT molecular complexity index is 325. The van der Waals surface area contributed by atoms with E-state index >= 15 is 0 Å². The molecule has 4 heteroatoms. The molecule has 0 aromatic heterocycles. The number of hydrogen-bond acceptors (Lipinski definition) is 2. The topological polar surface area (TPSA) is 57.6 Å². The number of carbonyl (C=O) groups excluding carboxylic acids is 1. The van der Waals surface area contributed by atoms with Crippen LogP contribution in [0.2, 0.25) is 0 Å². The van der Waals surface area contributed by atoms with Gasteiger partial charge < -0.3 is 10.0 Å². The zero-order valence-electron chi connectivity index (χ0n) is 10.6. The van der Waals surface area contributed by atoms with E-state index in [0.29, 0.717) is 19.0 Å². The molecule has 0 radical (unpaired) electrons. The standard InChI is InChI=1S/C13H21NO3/c1-3-14(7-8(2)13(16)17)12(15)11-6-10(11)9-4-5-9/h8-11H,3-7H2,1-2H3,(H,16,17)/t8-,10-,11-/m0/s1. The molecule has 2 aliphatic rings. The van der Waals surface area contributed by atoms with Gasteiger partial charge in [0.1, 0.15) is 0 Å². The van der Waals surface area contributed by atoms with Crippen LogP contribution in [0, 0.1) is 23.7 Å². The molecule has 0 saturated heterocycles. The molecule has 0 aromatic carbocycles. The largest absolute Gasteiger partial charge is 0.481 e. The average Bonchev–Trinajstić information content (AvgIpc) is 3.16. The molecule has 1 N–H and O–H groups in total. The summed E-state index contributed by atoms with van der Waals surface area (Å²) in [6.45, 7) is 4.54. The summed E-state index contributed by atoms with van der Waals surface area (Å²) in [5.41, 5.74) is 0. The first-order chi connectivity index (χ1) is 8.04. The van der Waals surface area contributed by atoms with Crippen molar-refractivity contribution in [3.63, 3.8) is 0 Å². The lowest BCUT2D eigenvalue weighted by Crippen LogP contribution is -2.38. The normalized spacial score (nSPS) is 28.6. The summed E-state index contributed by atoms with van der Waals surface area (Å²) in [5, 5.41) is 8.87. The summed E-state index contributed by atoms with van der Waals surface area (Å²) in [7, 11) is 0. The first-order valence-electron chi connectivity index (χ1n) is 6.56. The fourth-order valence-corrected chi connectivity index (χ4v) is 2.56. The van der Waals surface area contributed by atoms with E-state index in [-0.39, 0.29) is 11.8 Å². The Kier molecular flexibility index (Phi) is 3.40. The van der Waals surface area contributed by atoms with E-state index in [2.05, 4.69) is 0 Å². The van der Waals surface area contributed by atoms with Gasteiger partial charge >= 0.3 is 5.97 Å². The molecule has 2 saturated carbocycles. The Balaban J connectivity index is 1.85. The lowest BCUT2D eigenvalue weighted by molar-refractivity contribution is -0.143. The van der Waals surface area contributed by atoms with E-state index in [4.69, 9.17) is 5.11 Å². The van der Waals surface area contributed by atoms with Gasteiger partial charge in [-0.3, -0.25) is 9.59 Å². The maximum atomic E-state index is 12.2. The number of rotatable bonds is 6. The molecule has 0 spiro atoms. The SMILES string of the molecule is CCN(C[C@H](C)C(=O)O)C(=O)[C@H]1C[C@H]1C1CC1. The Labute approximate surface area is 102 Å². The maximum absolute atomic E-state index is 12.2. The highest BCUT2D eigenvalue weighted by atomic mass is 16.4. The molecule has 3 atom stereocenters. The first-order valence-corrected chi connectivity index (χ1v) is 6.56. The zero-order chi connectivity index (χ0) is 12.6. The van der Waals surface area contributed by atoms with Crippen LogP contribution in [0.25, 0.3) is 0 Å². The number of carboxylic acid groups (broad SMARTS) is 1. The molecule has 2 fully saturated rings. The number of aliphatic carboxylic acids is 1. The van der Waals surface area contributed by atoms with Crippen molar-refractivity contribution in [2.24, 2.45) is 23.7 Å². The average molecular weight is 239 g/mol. The summed E-state index contributed by atoms with van der Waals surface area (Å²) >= 11 is 0. The molecule has 0 aromatic rings. The molecule has 0 bridgehead atoms. The highest BCUT2D eigenvalue weighted by Crippen LogP contribution is 2.54. The fraction of sp³-hybridized carbons (Fsp3) is 0.846. The second-order valence-electron chi connectivity index (χ2n) is 5.46. The molecule has 1 amide bonds. The van der Waals surface area contributed by atoms with Gasteiger partial charge in [-0.25, -0.2) is 0 Å². The van der Waals surface area contributed by atoms with Gasteiger partial charge in [-0.05, 0) is 38.0 Å². The van der Waals surface area contributed by atoms with Crippen LogP contribution in [-0.4, -0.2) is 35.0 Å². The fourth-order valence-electron chi connectivity index (χ4n) is 2.56. The molecule has 0 aliphatic heterocycles. The predicted octanol–water partition coefficient (Wildman–Crippen LogP) is 1.60. The van der Waals surface area contributed by atoms with Crippen LogP contribution in [0.1, 0.15) is 33.1 Å². The molecule has 0 unspecified atom stereocenters. The monoisotopic (exact) mass is 239 g/mol. The Hall–Kier alpha value is -1.06. The van der Waals surface area contributed by atoms with Crippen LogP contribution < -0.4 is 0 Å². The third kappa shape index (κ3) is 2.79. The third-order valence-corrected chi connectivity index (χ3v) is 3.99. The first kappa shape index (κ1) is 12.4. The van der Waals surface area contributed by atoms with Crippen LogP contribution in [0.15, 0.2) is 0 Å². The second kappa shape index (κ2) is 4.67. The van der Waals surface area contributed by atoms with Crippen molar-refractivity contribution in [1.82, 2.24) is 4.90 Å². The Morgan fingerprint density at radius 3 is 2.53 bits per heavy atom. The maximum Gasteiger partial charge on any atom is 0.308 e. The van der Waals surface area contributed by atoms with Crippen molar-refractivity contribution in [3.8, 4) is 0 Å². The summed E-state index contributed by atoms with van der Waals surface area (Å²) in [6.07, 6.45) is 3.60. The smallest absolute Gasteiger partial charge is 0.308 e. The minimum absolute atomic E-state index is 0.178. The number of carboxylic acids is 1. The molecular formula is C13H21NO3. The highest BCUT2D eigenvalue weighted by Gasteiger charge is 2.52. The van der Waals surface area contributed by atoms with Crippen LogP contribution in [0.5, 0.6) is 0 Å². The summed E-state index contributed by atoms with van der Waals surface area (Å²) < 4.78 is 0. The van der Waals surface area contributed by atoms with Crippen molar-refractivity contribution >= 4 is 11.9 Å². The van der Waals surface area contributed by atoms with Crippen molar-refractivity contribution in [2.75, 3.05) is 13.1 Å². The van der Waals surface area contributed by atoms with Gasteiger partial charge in [0.25, 0.3) is 0 Å². The van der Waals surface area contributed by atoms with Gasteiger partial charge in [0, 0.05) is 19.0 Å². The summed E-state index contributed by atoms with van der Waals surface area (Å²) in [5.74, 6) is 0.472. The van der Waals surface area contributed by atoms with Gasteiger partial charge in [0.05, 0.1) is 5.92 Å². The molecule has 4 nitrogen and oxygen atoms in total. The third-order valence-electron chi connectivity index (χ3n) is 3.99. The van der Waals surface area contributed by atoms with Crippen molar-refractivity contribution in [1.29, 1.82) is 0 Å². The molecule has 0 heterocycles. The second-order valence-corrected chi connectivity index (χ2v) is 5.46. The number of hydrogen-bond donors (Lipinski definition) is 1. The molecular weight excluding hydrogens is 218 g/mol.